The van der Waals surface area contributed by atoms with E-state index >= 15 is 0 Å². The fourth-order valence-electron chi connectivity index (χ4n) is 3.08. The van der Waals surface area contributed by atoms with Crippen molar-refractivity contribution in [1.82, 2.24) is 0 Å². The average molecular weight is 286 g/mol. The van der Waals surface area contributed by atoms with Crippen LogP contribution in [-0.2, 0) is 12.8 Å². The van der Waals surface area contributed by atoms with E-state index in [1.54, 1.807) is 0 Å². The molecular formula is C18H22OS. The summed E-state index contributed by atoms with van der Waals surface area (Å²) < 4.78 is 0. The number of fused-ring (bicyclic) bond motifs is 1. The van der Waals surface area contributed by atoms with E-state index in [-0.39, 0.29) is 0 Å². The lowest BCUT2D eigenvalue weighted by Gasteiger charge is -2.14. The van der Waals surface area contributed by atoms with Gasteiger partial charge in [-0.15, -0.1) is 11.3 Å². The molecule has 1 unspecified atom stereocenters. The molecule has 1 atom stereocenters. The summed E-state index contributed by atoms with van der Waals surface area (Å²) in [5, 5.41) is 10.7. The molecule has 0 amide bonds. The zero-order valence-corrected chi connectivity index (χ0v) is 13.3. The van der Waals surface area contributed by atoms with Crippen molar-refractivity contribution in [3.8, 4) is 0 Å². The van der Waals surface area contributed by atoms with Crippen molar-refractivity contribution in [1.29, 1.82) is 0 Å². The van der Waals surface area contributed by atoms with Gasteiger partial charge in [0.15, 0.2) is 0 Å². The van der Waals surface area contributed by atoms with Crippen molar-refractivity contribution in [2.45, 2.75) is 52.6 Å². The van der Waals surface area contributed by atoms with Crippen LogP contribution in [0.4, 0.5) is 0 Å². The number of aryl methyl sites for hydroxylation is 5. The van der Waals surface area contributed by atoms with Gasteiger partial charge in [-0.05, 0) is 80.3 Å². The molecule has 2 aromatic rings. The Balaban J connectivity index is 1.98. The SMILES string of the molecule is Cc1cc(C)c(C(O)c2cc3c(s2)CCCC3)cc1C. The van der Waals surface area contributed by atoms with Gasteiger partial charge in [-0.1, -0.05) is 12.1 Å². The Morgan fingerprint density at radius 1 is 0.950 bits per heavy atom. The summed E-state index contributed by atoms with van der Waals surface area (Å²) >= 11 is 1.81. The molecule has 1 nitrogen and oxygen atoms in total. The third-order valence-corrected chi connectivity index (χ3v) is 5.75. The lowest BCUT2D eigenvalue weighted by Crippen LogP contribution is -2.01. The van der Waals surface area contributed by atoms with Gasteiger partial charge in [-0.25, -0.2) is 0 Å². The van der Waals surface area contributed by atoms with E-state index in [9.17, 15) is 5.11 Å². The zero-order chi connectivity index (χ0) is 14.3. The van der Waals surface area contributed by atoms with Gasteiger partial charge in [-0.3, -0.25) is 0 Å². The molecule has 1 aromatic carbocycles. The number of hydrogen-bond acceptors (Lipinski definition) is 2. The van der Waals surface area contributed by atoms with Gasteiger partial charge in [0.1, 0.15) is 6.10 Å². The quantitative estimate of drug-likeness (QED) is 0.853. The number of thiophene rings is 1. The summed E-state index contributed by atoms with van der Waals surface area (Å²) in [5.41, 5.74) is 6.27. The molecule has 0 saturated carbocycles. The Morgan fingerprint density at radius 2 is 1.65 bits per heavy atom. The van der Waals surface area contributed by atoms with Gasteiger partial charge in [0, 0.05) is 9.75 Å². The van der Waals surface area contributed by atoms with Crippen LogP contribution in [0.5, 0.6) is 0 Å². The summed E-state index contributed by atoms with van der Waals surface area (Å²) in [6, 6.07) is 6.56. The van der Waals surface area contributed by atoms with Crippen molar-refractivity contribution < 1.29 is 5.11 Å². The second-order valence-corrected chi connectivity index (χ2v) is 7.17. The standard InChI is InChI=1S/C18H22OS/c1-11-8-13(3)15(9-12(11)2)18(19)17-10-14-6-4-5-7-16(14)20-17/h8-10,18-19H,4-7H2,1-3H3. The molecule has 2 heteroatoms. The third kappa shape index (κ3) is 2.43. The number of hydrogen-bond donors (Lipinski definition) is 1. The van der Waals surface area contributed by atoms with Crippen molar-refractivity contribution in [3.63, 3.8) is 0 Å². The summed E-state index contributed by atoms with van der Waals surface area (Å²) in [5.74, 6) is 0. The topological polar surface area (TPSA) is 20.2 Å². The molecule has 1 aromatic heterocycles. The molecule has 0 aliphatic heterocycles. The molecule has 20 heavy (non-hydrogen) atoms. The molecule has 1 aliphatic carbocycles. The highest BCUT2D eigenvalue weighted by Gasteiger charge is 2.20. The van der Waals surface area contributed by atoms with Gasteiger partial charge < -0.3 is 5.11 Å². The van der Waals surface area contributed by atoms with Crippen LogP contribution < -0.4 is 0 Å². The van der Waals surface area contributed by atoms with Crippen LogP contribution in [0.15, 0.2) is 18.2 Å². The predicted molar refractivity (Wildman–Crippen MR) is 85.7 cm³/mol. The number of aliphatic hydroxyl groups is 1. The van der Waals surface area contributed by atoms with E-state index in [1.807, 2.05) is 11.3 Å². The van der Waals surface area contributed by atoms with Crippen molar-refractivity contribution in [2.24, 2.45) is 0 Å². The normalized spacial score (nSPS) is 16.0. The first-order valence-electron chi connectivity index (χ1n) is 7.43. The Bertz CT molecular complexity index is 616. The van der Waals surface area contributed by atoms with Crippen LogP contribution in [0.25, 0.3) is 0 Å². The summed E-state index contributed by atoms with van der Waals surface area (Å²) in [7, 11) is 0. The van der Waals surface area contributed by atoms with Gasteiger partial charge in [-0.2, -0.15) is 0 Å². The Kier molecular flexibility index (Phi) is 3.70. The first-order valence-corrected chi connectivity index (χ1v) is 8.25. The van der Waals surface area contributed by atoms with Crippen LogP contribution in [0.1, 0.15) is 56.5 Å². The maximum absolute atomic E-state index is 10.7. The molecule has 1 aliphatic rings. The molecule has 3 rings (SSSR count). The number of aliphatic hydroxyl groups excluding tert-OH is 1. The van der Waals surface area contributed by atoms with Crippen molar-refractivity contribution in [2.75, 3.05) is 0 Å². The molecule has 1 N–H and O–H groups in total. The second-order valence-electron chi connectivity index (χ2n) is 6.00. The van der Waals surface area contributed by atoms with E-state index in [0.717, 1.165) is 10.4 Å². The molecule has 0 fully saturated rings. The predicted octanol–water partition coefficient (Wildman–Crippen LogP) is 4.63. The van der Waals surface area contributed by atoms with E-state index in [0.29, 0.717) is 0 Å². The smallest absolute Gasteiger partial charge is 0.113 e. The fraction of sp³-hybridized carbons (Fsp3) is 0.444. The van der Waals surface area contributed by atoms with Crippen LogP contribution in [0.3, 0.4) is 0 Å². The lowest BCUT2D eigenvalue weighted by molar-refractivity contribution is 0.223. The summed E-state index contributed by atoms with van der Waals surface area (Å²) in [4.78, 5) is 2.61. The van der Waals surface area contributed by atoms with E-state index in [2.05, 4.69) is 39.0 Å². The highest BCUT2D eigenvalue weighted by Crippen LogP contribution is 2.36. The third-order valence-electron chi connectivity index (χ3n) is 4.46. The highest BCUT2D eigenvalue weighted by molar-refractivity contribution is 7.12. The lowest BCUT2D eigenvalue weighted by atomic mass is 9.95. The first-order chi connectivity index (χ1) is 9.56. The van der Waals surface area contributed by atoms with Gasteiger partial charge in [0.2, 0.25) is 0 Å². The maximum Gasteiger partial charge on any atom is 0.113 e. The Hall–Kier alpha value is -1.12. The van der Waals surface area contributed by atoms with E-state index < -0.39 is 6.10 Å². The molecular weight excluding hydrogens is 264 g/mol. The molecule has 0 saturated heterocycles. The monoisotopic (exact) mass is 286 g/mol. The van der Waals surface area contributed by atoms with Crippen LogP contribution in [-0.4, -0.2) is 5.11 Å². The van der Waals surface area contributed by atoms with Crippen LogP contribution in [0.2, 0.25) is 0 Å². The minimum Gasteiger partial charge on any atom is -0.383 e. The minimum absolute atomic E-state index is 0.468. The average Bonchev–Trinajstić information content (AvgIpc) is 2.86. The zero-order valence-electron chi connectivity index (χ0n) is 12.5. The minimum atomic E-state index is -0.468. The van der Waals surface area contributed by atoms with Gasteiger partial charge in [0.25, 0.3) is 0 Å². The summed E-state index contributed by atoms with van der Waals surface area (Å²) in [6.07, 6.45) is 4.50. The largest absolute Gasteiger partial charge is 0.383 e. The number of benzene rings is 1. The van der Waals surface area contributed by atoms with Crippen molar-refractivity contribution in [3.05, 3.63) is 55.8 Å². The Labute approximate surface area is 125 Å². The second kappa shape index (κ2) is 5.34. The highest BCUT2D eigenvalue weighted by atomic mass is 32.1. The first kappa shape index (κ1) is 13.8. The molecule has 106 valence electrons. The summed E-state index contributed by atoms with van der Waals surface area (Å²) in [6.45, 7) is 6.34. The maximum atomic E-state index is 10.7. The molecule has 0 bridgehead atoms. The van der Waals surface area contributed by atoms with E-state index in [4.69, 9.17) is 0 Å². The van der Waals surface area contributed by atoms with Gasteiger partial charge in [0.05, 0.1) is 0 Å². The Morgan fingerprint density at radius 3 is 2.40 bits per heavy atom. The van der Waals surface area contributed by atoms with Crippen LogP contribution in [0, 0.1) is 20.8 Å². The molecule has 1 heterocycles. The van der Waals surface area contributed by atoms with Gasteiger partial charge >= 0.3 is 0 Å². The van der Waals surface area contributed by atoms with E-state index in [1.165, 1.54) is 52.8 Å². The molecule has 0 radical (unpaired) electrons. The molecule has 0 spiro atoms. The number of rotatable bonds is 2. The van der Waals surface area contributed by atoms with Crippen molar-refractivity contribution >= 4 is 11.3 Å². The fourth-order valence-corrected chi connectivity index (χ4v) is 4.34. The van der Waals surface area contributed by atoms with Crippen LogP contribution >= 0.6 is 11.3 Å².